The Balaban J connectivity index is 1.97. The lowest BCUT2D eigenvalue weighted by Crippen LogP contribution is -2.28. The molecule has 0 saturated carbocycles. The zero-order chi connectivity index (χ0) is 15.5. The number of rotatable bonds is 4. The molecule has 0 aliphatic heterocycles. The first-order valence-corrected chi connectivity index (χ1v) is 6.27. The van der Waals surface area contributed by atoms with E-state index in [9.17, 15) is 4.79 Å². The van der Waals surface area contributed by atoms with Crippen molar-refractivity contribution >= 4 is 46.3 Å². The molecule has 0 bridgehead atoms. The lowest BCUT2D eigenvalue weighted by Gasteiger charge is -2.11. The van der Waals surface area contributed by atoms with Crippen LogP contribution in [0.5, 0.6) is 0 Å². The number of carboxylic acid groups (broad SMARTS) is 1. The Morgan fingerprint density at radius 2 is 1.91 bits per heavy atom. The predicted octanol–water partition coefficient (Wildman–Crippen LogP) is 2.00. The largest absolute Gasteiger partial charge is 0.464 e. The van der Waals surface area contributed by atoms with Gasteiger partial charge in [0, 0.05) is 10.7 Å². The van der Waals surface area contributed by atoms with Gasteiger partial charge in [0.05, 0.1) is 0 Å². The predicted molar refractivity (Wildman–Crippen MR) is 76.9 cm³/mol. The van der Waals surface area contributed by atoms with Crippen molar-refractivity contribution in [2.45, 2.75) is 0 Å². The summed E-state index contributed by atoms with van der Waals surface area (Å²) in [7, 11) is 0. The topological polar surface area (TPSA) is 138 Å². The summed E-state index contributed by atoms with van der Waals surface area (Å²) in [5.74, 6) is 0.324. The molecule has 0 unspecified atom stereocenters. The van der Waals surface area contributed by atoms with Crippen LogP contribution < -0.4 is 16.2 Å². The Bertz CT molecular complexity index is 837. The fourth-order valence-electron chi connectivity index (χ4n) is 1.63. The molecule has 0 fully saturated rings. The third kappa shape index (κ3) is 2.96. The van der Waals surface area contributed by atoms with E-state index in [2.05, 4.69) is 35.7 Å². The summed E-state index contributed by atoms with van der Waals surface area (Å²) in [6, 6.07) is 6.89. The van der Waals surface area contributed by atoms with Crippen molar-refractivity contribution < 1.29 is 14.5 Å². The van der Waals surface area contributed by atoms with Crippen molar-refractivity contribution in [2.24, 2.45) is 0 Å². The van der Waals surface area contributed by atoms with Crippen molar-refractivity contribution in [3.8, 4) is 0 Å². The summed E-state index contributed by atoms with van der Waals surface area (Å²) in [4.78, 5) is 18.8. The summed E-state index contributed by atoms with van der Waals surface area (Å²) in [5, 5.41) is 19.3. The van der Waals surface area contributed by atoms with E-state index in [-0.39, 0.29) is 22.9 Å². The zero-order valence-corrected chi connectivity index (χ0v) is 11.5. The molecule has 10 nitrogen and oxygen atoms in total. The van der Waals surface area contributed by atoms with Gasteiger partial charge in [-0.2, -0.15) is 4.98 Å². The molecular weight excluding hydrogens is 314 g/mol. The molecule has 0 radical (unpaired) electrons. The highest BCUT2D eigenvalue weighted by atomic mass is 35.5. The summed E-state index contributed by atoms with van der Waals surface area (Å²) in [5.41, 5.74) is 5.31. The van der Waals surface area contributed by atoms with Gasteiger partial charge in [0.25, 0.3) is 0 Å². The molecule has 112 valence electrons. The smallest absolute Gasteiger partial charge is 0.423 e. The van der Waals surface area contributed by atoms with E-state index in [1.54, 1.807) is 24.3 Å². The number of anilines is 3. The van der Waals surface area contributed by atoms with Gasteiger partial charge in [-0.15, -0.1) is 0 Å². The fourth-order valence-corrected chi connectivity index (χ4v) is 1.82. The Kier molecular flexibility index (Phi) is 3.58. The van der Waals surface area contributed by atoms with Crippen LogP contribution in [-0.2, 0) is 0 Å². The Morgan fingerprint density at radius 3 is 2.59 bits per heavy atom. The van der Waals surface area contributed by atoms with Crippen LogP contribution in [0.2, 0.25) is 5.02 Å². The van der Waals surface area contributed by atoms with Crippen molar-refractivity contribution in [2.75, 3.05) is 10.7 Å². The highest BCUT2D eigenvalue weighted by Crippen LogP contribution is 2.24. The van der Waals surface area contributed by atoms with E-state index < -0.39 is 6.09 Å². The number of benzene rings is 1. The molecule has 0 atom stereocenters. The average Bonchev–Trinajstić information content (AvgIpc) is 2.92. The molecule has 0 aliphatic carbocycles. The Hall–Kier alpha value is -3.14. The molecule has 3 rings (SSSR count). The first-order chi connectivity index (χ1) is 10.6. The summed E-state index contributed by atoms with van der Waals surface area (Å²) < 4.78 is 4.53. The molecule has 0 aliphatic rings. The molecule has 0 spiro atoms. The second kappa shape index (κ2) is 5.69. The molecular formula is C11H8ClN7O3. The quantitative estimate of drug-likeness (QED) is 0.531. The normalized spacial score (nSPS) is 10.4. The van der Waals surface area contributed by atoms with E-state index >= 15 is 0 Å². The van der Waals surface area contributed by atoms with Gasteiger partial charge in [-0.3, -0.25) is 5.43 Å². The second-order valence-corrected chi connectivity index (χ2v) is 4.46. The number of hydrazine groups is 1. The number of nitrogens with one attached hydrogen (secondary N) is 3. The summed E-state index contributed by atoms with van der Waals surface area (Å²) in [6.07, 6.45) is -1.28. The Labute approximate surface area is 127 Å². The van der Waals surface area contributed by atoms with Crippen LogP contribution in [0, 0.1) is 0 Å². The zero-order valence-electron chi connectivity index (χ0n) is 10.7. The number of aromatic nitrogens is 4. The fraction of sp³-hybridized carbons (Fsp3) is 0. The van der Waals surface area contributed by atoms with Gasteiger partial charge in [-0.1, -0.05) is 17.7 Å². The lowest BCUT2D eigenvalue weighted by molar-refractivity contribution is 0.197. The van der Waals surface area contributed by atoms with Crippen LogP contribution in [0.3, 0.4) is 0 Å². The number of amides is 1. The maximum Gasteiger partial charge on any atom is 0.423 e. The summed E-state index contributed by atoms with van der Waals surface area (Å²) >= 11 is 5.91. The number of hydrogen-bond donors (Lipinski definition) is 4. The number of halogens is 1. The first-order valence-electron chi connectivity index (χ1n) is 5.89. The van der Waals surface area contributed by atoms with Crippen molar-refractivity contribution in [3.63, 3.8) is 0 Å². The standard InChI is InChI=1S/C11H8ClN7O3/c12-5-2-1-3-6(4-5)13-7-8(16-17-11(20)21)15-10-9(14-7)18-22-19-10/h1-4,17H,(H,20,21)(H,13,14,18)(H,15,16,19). The molecule has 0 saturated heterocycles. The summed E-state index contributed by atoms with van der Waals surface area (Å²) in [6.45, 7) is 0. The highest BCUT2D eigenvalue weighted by molar-refractivity contribution is 6.30. The third-order valence-corrected chi connectivity index (χ3v) is 2.72. The van der Waals surface area contributed by atoms with E-state index in [1.165, 1.54) is 0 Å². The van der Waals surface area contributed by atoms with Crippen LogP contribution in [0.25, 0.3) is 11.3 Å². The molecule has 2 aromatic heterocycles. The number of fused-ring (bicyclic) bond motifs is 1. The maximum absolute atomic E-state index is 10.6. The van der Waals surface area contributed by atoms with Crippen LogP contribution in [0.15, 0.2) is 28.9 Å². The molecule has 4 N–H and O–H groups in total. The molecule has 11 heteroatoms. The van der Waals surface area contributed by atoms with E-state index in [0.717, 1.165) is 0 Å². The van der Waals surface area contributed by atoms with Gasteiger partial charge in [-0.25, -0.2) is 19.8 Å². The van der Waals surface area contributed by atoms with Crippen LogP contribution in [-0.4, -0.2) is 31.5 Å². The first kappa shape index (κ1) is 13.8. The average molecular weight is 322 g/mol. The minimum atomic E-state index is -1.28. The van der Waals surface area contributed by atoms with Gasteiger partial charge in [0.2, 0.25) is 11.3 Å². The second-order valence-electron chi connectivity index (χ2n) is 4.02. The van der Waals surface area contributed by atoms with Gasteiger partial charge in [0.1, 0.15) is 0 Å². The van der Waals surface area contributed by atoms with E-state index in [1.807, 2.05) is 5.43 Å². The van der Waals surface area contributed by atoms with E-state index in [4.69, 9.17) is 16.7 Å². The van der Waals surface area contributed by atoms with Gasteiger partial charge < -0.3 is 10.4 Å². The SMILES string of the molecule is O=C(O)NNc1nc2nonc2nc1Nc1cccc(Cl)c1. The minimum Gasteiger partial charge on any atom is -0.464 e. The van der Waals surface area contributed by atoms with Crippen molar-refractivity contribution in [3.05, 3.63) is 29.3 Å². The minimum absolute atomic E-state index is 0.102. The lowest BCUT2D eigenvalue weighted by atomic mass is 10.3. The molecule has 1 aromatic carbocycles. The molecule has 3 aromatic rings. The van der Waals surface area contributed by atoms with Crippen molar-refractivity contribution in [1.29, 1.82) is 0 Å². The molecule has 1 amide bonds. The third-order valence-electron chi connectivity index (χ3n) is 2.49. The van der Waals surface area contributed by atoms with Crippen LogP contribution in [0.4, 0.5) is 22.1 Å². The molecule has 22 heavy (non-hydrogen) atoms. The van der Waals surface area contributed by atoms with Gasteiger partial charge in [0.15, 0.2) is 11.6 Å². The van der Waals surface area contributed by atoms with Crippen LogP contribution in [0.1, 0.15) is 0 Å². The Morgan fingerprint density at radius 1 is 1.18 bits per heavy atom. The highest BCUT2D eigenvalue weighted by Gasteiger charge is 2.13. The maximum atomic E-state index is 10.6. The molecule has 2 heterocycles. The van der Waals surface area contributed by atoms with Gasteiger partial charge >= 0.3 is 6.09 Å². The van der Waals surface area contributed by atoms with Gasteiger partial charge in [-0.05, 0) is 28.5 Å². The number of nitrogens with zero attached hydrogens (tertiary/aromatic N) is 4. The van der Waals surface area contributed by atoms with Crippen molar-refractivity contribution in [1.82, 2.24) is 25.7 Å². The number of carbonyl (C=O) groups is 1. The number of hydrogen-bond acceptors (Lipinski definition) is 8. The van der Waals surface area contributed by atoms with Crippen LogP contribution >= 0.6 is 11.6 Å². The van der Waals surface area contributed by atoms with E-state index in [0.29, 0.717) is 10.7 Å². The monoisotopic (exact) mass is 321 g/mol.